The first-order valence-corrected chi connectivity index (χ1v) is 10.2. The molecule has 0 fully saturated rings. The molecule has 0 saturated heterocycles. The fraction of sp³-hybridized carbons (Fsp3) is 0.286. The van der Waals surface area contributed by atoms with Gasteiger partial charge in [0, 0.05) is 10.9 Å². The van der Waals surface area contributed by atoms with Crippen LogP contribution in [0.4, 0.5) is 5.00 Å². The van der Waals surface area contributed by atoms with E-state index in [1.54, 1.807) is 19.2 Å². The summed E-state index contributed by atoms with van der Waals surface area (Å²) in [5.41, 5.74) is 7.80. The Morgan fingerprint density at radius 3 is 2.90 bits per heavy atom. The van der Waals surface area contributed by atoms with E-state index >= 15 is 0 Å². The summed E-state index contributed by atoms with van der Waals surface area (Å²) in [7, 11) is 1.56. The van der Waals surface area contributed by atoms with Crippen molar-refractivity contribution in [3.8, 4) is 17.1 Å². The van der Waals surface area contributed by atoms with Gasteiger partial charge >= 0.3 is 0 Å². The monoisotopic (exact) mass is 411 g/mol. The van der Waals surface area contributed by atoms with Gasteiger partial charge in [-0.05, 0) is 42.9 Å². The van der Waals surface area contributed by atoms with E-state index in [9.17, 15) is 9.59 Å². The van der Waals surface area contributed by atoms with Crippen LogP contribution < -0.4 is 15.8 Å². The van der Waals surface area contributed by atoms with Crippen molar-refractivity contribution in [2.45, 2.75) is 26.2 Å². The van der Waals surface area contributed by atoms with Crippen LogP contribution in [0.5, 0.6) is 5.75 Å². The van der Waals surface area contributed by atoms with Crippen molar-refractivity contribution in [3.63, 3.8) is 0 Å². The summed E-state index contributed by atoms with van der Waals surface area (Å²) in [6.45, 7) is 2.18. The molecular formula is C21H21N3O4S. The second kappa shape index (κ2) is 7.71. The quantitative estimate of drug-likeness (QED) is 0.662. The lowest BCUT2D eigenvalue weighted by Crippen LogP contribution is -2.19. The van der Waals surface area contributed by atoms with Crippen molar-refractivity contribution < 1.29 is 18.8 Å². The molecule has 3 aromatic rings. The van der Waals surface area contributed by atoms with E-state index in [1.807, 2.05) is 18.2 Å². The molecule has 0 spiro atoms. The number of para-hydroxylation sites is 1. The third kappa shape index (κ3) is 3.63. The van der Waals surface area contributed by atoms with Gasteiger partial charge in [0.05, 0.1) is 18.2 Å². The first-order valence-electron chi connectivity index (χ1n) is 9.33. The standard InChI is InChI=1S/C21H21N3O4S/c1-11-7-8-13-17(9-11)29-21(18(13)19(22)25)23-20(26)14-10-16(28-24-14)12-5-3-4-6-15(12)27-2/h3-6,10-11H,7-9H2,1-2H3,(H2,22,25)(H,23,26). The van der Waals surface area contributed by atoms with E-state index in [1.165, 1.54) is 11.3 Å². The molecule has 1 atom stereocenters. The number of hydrogen-bond donors (Lipinski definition) is 2. The number of primary amides is 1. The Morgan fingerprint density at radius 1 is 1.34 bits per heavy atom. The molecule has 4 rings (SSSR count). The van der Waals surface area contributed by atoms with E-state index < -0.39 is 11.8 Å². The summed E-state index contributed by atoms with van der Waals surface area (Å²) in [6, 6.07) is 8.86. The number of nitrogens with two attached hydrogens (primary N) is 1. The van der Waals surface area contributed by atoms with Crippen LogP contribution in [-0.4, -0.2) is 24.1 Å². The van der Waals surface area contributed by atoms with Crippen molar-refractivity contribution in [1.29, 1.82) is 0 Å². The van der Waals surface area contributed by atoms with E-state index in [0.29, 0.717) is 33.6 Å². The smallest absolute Gasteiger partial charge is 0.278 e. The Morgan fingerprint density at radius 2 is 2.14 bits per heavy atom. The Hall–Kier alpha value is -3.13. The van der Waals surface area contributed by atoms with Crippen LogP contribution in [0.3, 0.4) is 0 Å². The van der Waals surface area contributed by atoms with Crippen LogP contribution in [0.25, 0.3) is 11.3 Å². The fourth-order valence-electron chi connectivity index (χ4n) is 3.62. The fourth-order valence-corrected chi connectivity index (χ4v) is 5.04. The number of anilines is 1. The molecular weight excluding hydrogens is 390 g/mol. The second-order valence-corrected chi connectivity index (χ2v) is 8.26. The van der Waals surface area contributed by atoms with E-state index in [4.69, 9.17) is 15.0 Å². The van der Waals surface area contributed by atoms with Gasteiger partial charge < -0.3 is 20.3 Å². The molecule has 1 aliphatic rings. The lowest BCUT2D eigenvalue weighted by molar-refractivity contribution is 0.1000. The molecule has 1 aromatic carbocycles. The first-order chi connectivity index (χ1) is 14.0. The number of hydrogen-bond acceptors (Lipinski definition) is 6. The van der Waals surface area contributed by atoms with Crippen LogP contribution in [0, 0.1) is 5.92 Å². The lowest BCUT2D eigenvalue weighted by atomic mass is 9.88. The van der Waals surface area contributed by atoms with Gasteiger partial charge in [0.25, 0.3) is 11.8 Å². The van der Waals surface area contributed by atoms with Gasteiger partial charge in [-0.3, -0.25) is 9.59 Å². The van der Waals surface area contributed by atoms with E-state index in [0.717, 1.165) is 29.7 Å². The molecule has 0 bridgehead atoms. The second-order valence-electron chi connectivity index (χ2n) is 7.15. The highest BCUT2D eigenvalue weighted by Crippen LogP contribution is 2.39. The van der Waals surface area contributed by atoms with Gasteiger partial charge in [-0.25, -0.2) is 0 Å². The summed E-state index contributed by atoms with van der Waals surface area (Å²) < 4.78 is 10.7. The molecule has 0 radical (unpaired) electrons. The van der Waals surface area contributed by atoms with Crippen molar-refractivity contribution in [2.24, 2.45) is 11.7 Å². The number of amides is 2. The SMILES string of the molecule is COc1ccccc1-c1cc(C(=O)Nc2sc3c(c2C(N)=O)CCC(C)C3)no1. The number of benzene rings is 1. The normalized spacial score (nSPS) is 15.6. The molecule has 2 heterocycles. The summed E-state index contributed by atoms with van der Waals surface area (Å²) >= 11 is 1.42. The summed E-state index contributed by atoms with van der Waals surface area (Å²) in [4.78, 5) is 25.9. The van der Waals surface area contributed by atoms with E-state index in [2.05, 4.69) is 17.4 Å². The summed E-state index contributed by atoms with van der Waals surface area (Å²) in [6.07, 6.45) is 2.68. The molecule has 1 unspecified atom stereocenters. The van der Waals surface area contributed by atoms with Crippen LogP contribution in [0.15, 0.2) is 34.9 Å². The summed E-state index contributed by atoms with van der Waals surface area (Å²) in [5, 5.41) is 7.15. The number of ether oxygens (including phenoxy) is 1. The van der Waals surface area contributed by atoms with Crippen LogP contribution in [-0.2, 0) is 12.8 Å². The van der Waals surface area contributed by atoms with Crippen molar-refractivity contribution >= 4 is 28.2 Å². The van der Waals surface area contributed by atoms with Gasteiger partial charge in [0.2, 0.25) is 0 Å². The van der Waals surface area contributed by atoms with Gasteiger partial charge in [0.15, 0.2) is 11.5 Å². The zero-order chi connectivity index (χ0) is 20.5. The Kier molecular flexibility index (Phi) is 5.10. The molecule has 29 heavy (non-hydrogen) atoms. The zero-order valence-corrected chi connectivity index (χ0v) is 17.0. The van der Waals surface area contributed by atoms with Crippen molar-refractivity contribution in [1.82, 2.24) is 5.16 Å². The molecule has 150 valence electrons. The van der Waals surface area contributed by atoms with Gasteiger partial charge in [-0.2, -0.15) is 0 Å². The zero-order valence-electron chi connectivity index (χ0n) is 16.2. The highest BCUT2D eigenvalue weighted by Gasteiger charge is 2.28. The van der Waals surface area contributed by atoms with Crippen LogP contribution >= 0.6 is 11.3 Å². The topological polar surface area (TPSA) is 107 Å². The maximum Gasteiger partial charge on any atom is 0.278 e. The largest absolute Gasteiger partial charge is 0.496 e. The molecule has 0 saturated carbocycles. The molecule has 0 aliphatic heterocycles. The number of rotatable bonds is 5. The Balaban J connectivity index is 1.61. The minimum Gasteiger partial charge on any atom is -0.496 e. The predicted octanol–water partition coefficient (Wildman–Crippen LogP) is 3.89. The highest BCUT2D eigenvalue weighted by molar-refractivity contribution is 7.17. The van der Waals surface area contributed by atoms with Gasteiger partial charge in [-0.1, -0.05) is 24.2 Å². The number of aromatic nitrogens is 1. The molecule has 1 aliphatic carbocycles. The number of methoxy groups -OCH3 is 1. The predicted molar refractivity (Wildman–Crippen MR) is 110 cm³/mol. The Bertz CT molecular complexity index is 1090. The average molecular weight is 411 g/mol. The number of carbonyl (C=O) groups excluding carboxylic acids is 2. The van der Waals surface area contributed by atoms with Crippen molar-refractivity contribution in [3.05, 3.63) is 52.0 Å². The molecule has 2 amide bonds. The number of nitrogens with zero attached hydrogens (tertiary/aromatic N) is 1. The Labute approximate surface area is 171 Å². The summed E-state index contributed by atoms with van der Waals surface area (Å²) in [5.74, 6) is 0.601. The van der Waals surface area contributed by atoms with E-state index in [-0.39, 0.29) is 5.69 Å². The minimum atomic E-state index is -0.526. The number of nitrogens with one attached hydrogen (secondary N) is 1. The maximum atomic E-state index is 12.8. The van der Waals surface area contributed by atoms with Crippen LogP contribution in [0.1, 0.15) is 44.6 Å². The first kappa shape index (κ1) is 19.2. The molecule has 3 N–H and O–H groups in total. The maximum absolute atomic E-state index is 12.8. The van der Waals surface area contributed by atoms with Crippen molar-refractivity contribution in [2.75, 3.05) is 12.4 Å². The molecule has 8 heteroatoms. The third-order valence-electron chi connectivity index (χ3n) is 5.10. The number of thiophene rings is 1. The number of carbonyl (C=O) groups is 2. The lowest BCUT2D eigenvalue weighted by Gasteiger charge is -2.18. The third-order valence-corrected chi connectivity index (χ3v) is 6.27. The minimum absolute atomic E-state index is 0.112. The number of fused-ring (bicyclic) bond motifs is 1. The molecule has 7 nitrogen and oxygen atoms in total. The highest BCUT2D eigenvalue weighted by atomic mass is 32.1. The van der Waals surface area contributed by atoms with Crippen LogP contribution in [0.2, 0.25) is 0 Å². The average Bonchev–Trinajstić information content (AvgIpc) is 3.32. The van der Waals surface area contributed by atoms with Gasteiger partial charge in [-0.15, -0.1) is 11.3 Å². The van der Waals surface area contributed by atoms with Gasteiger partial charge in [0.1, 0.15) is 10.8 Å². The molecule has 2 aromatic heterocycles.